The van der Waals surface area contributed by atoms with E-state index in [4.69, 9.17) is 10.5 Å². The van der Waals surface area contributed by atoms with Gasteiger partial charge in [0, 0.05) is 13.2 Å². The first-order valence-electron chi connectivity index (χ1n) is 7.70. The molecule has 1 heterocycles. The van der Waals surface area contributed by atoms with E-state index in [0.29, 0.717) is 13.2 Å². The number of amides is 1. The summed E-state index contributed by atoms with van der Waals surface area (Å²) in [6, 6.07) is 5.81. The highest BCUT2D eigenvalue weighted by Crippen LogP contribution is 2.20. The molecule has 4 nitrogen and oxygen atoms in total. The maximum Gasteiger partial charge on any atom is 0.237 e. The van der Waals surface area contributed by atoms with Gasteiger partial charge in [0.2, 0.25) is 5.91 Å². The number of hydrogen-bond acceptors (Lipinski definition) is 3. The molecule has 0 bridgehead atoms. The average molecular weight is 290 g/mol. The Morgan fingerprint density at radius 1 is 1.29 bits per heavy atom. The fourth-order valence-corrected chi connectivity index (χ4v) is 2.72. The normalized spacial score (nSPS) is 19.0. The second-order valence-electron chi connectivity index (χ2n) is 6.05. The summed E-state index contributed by atoms with van der Waals surface area (Å²) in [5, 5.41) is 3.04. The van der Waals surface area contributed by atoms with E-state index in [1.807, 2.05) is 6.92 Å². The van der Waals surface area contributed by atoms with Crippen LogP contribution in [0.2, 0.25) is 0 Å². The predicted molar refractivity (Wildman–Crippen MR) is 84.0 cm³/mol. The smallest absolute Gasteiger partial charge is 0.237 e. The summed E-state index contributed by atoms with van der Waals surface area (Å²) in [7, 11) is 0. The summed E-state index contributed by atoms with van der Waals surface area (Å²) >= 11 is 0. The van der Waals surface area contributed by atoms with Crippen molar-refractivity contribution in [1.29, 1.82) is 0 Å². The molecular formula is C17H26N2O2. The van der Waals surface area contributed by atoms with Gasteiger partial charge in [-0.25, -0.2) is 0 Å². The van der Waals surface area contributed by atoms with Crippen LogP contribution in [0.3, 0.4) is 0 Å². The van der Waals surface area contributed by atoms with Crippen LogP contribution in [0.5, 0.6) is 0 Å². The first-order valence-corrected chi connectivity index (χ1v) is 7.70. The Labute approximate surface area is 127 Å². The van der Waals surface area contributed by atoms with Gasteiger partial charge in [0.1, 0.15) is 0 Å². The van der Waals surface area contributed by atoms with E-state index in [1.54, 1.807) is 0 Å². The van der Waals surface area contributed by atoms with Crippen LogP contribution in [-0.4, -0.2) is 25.2 Å². The molecule has 116 valence electrons. The van der Waals surface area contributed by atoms with Gasteiger partial charge in [0.15, 0.2) is 0 Å². The number of aryl methyl sites for hydroxylation is 2. The molecule has 3 N–H and O–H groups in total. The number of benzene rings is 1. The molecule has 21 heavy (non-hydrogen) atoms. The highest BCUT2D eigenvalue weighted by molar-refractivity contribution is 5.82. The molecule has 1 fully saturated rings. The minimum absolute atomic E-state index is 0.0253. The number of carbonyl (C=O) groups excluding carboxylic acids is 1. The van der Waals surface area contributed by atoms with E-state index in [0.717, 1.165) is 18.4 Å². The molecule has 1 amide bonds. The highest BCUT2D eigenvalue weighted by Gasteiger charge is 2.27. The van der Waals surface area contributed by atoms with Crippen LogP contribution in [0.15, 0.2) is 18.2 Å². The van der Waals surface area contributed by atoms with Crippen molar-refractivity contribution < 1.29 is 9.53 Å². The van der Waals surface area contributed by atoms with Crippen molar-refractivity contribution in [2.24, 2.45) is 11.7 Å². The second kappa shape index (κ2) is 7.05. The molecule has 2 atom stereocenters. The SMILES string of the molecule is Cc1ccc(C(C)NC(=O)C(N)C2CCOCC2)cc1C. The van der Waals surface area contributed by atoms with E-state index >= 15 is 0 Å². The van der Waals surface area contributed by atoms with Crippen molar-refractivity contribution in [2.75, 3.05) is 13.2 Å². The number of nitrogens with one attached hydrogen (secondary N) is 1. The van der Waals surface area contributed by atoms with Gasteiger partial charge in [-0.2, -0.15) is 0 Å². The van der Waals surface area contributed by atoms with Gasteiger partial charge in [0.05, 0.1) is 12.1 Å². The lowest BCUT2D eigenvalue weighted by molar-refractivity contribution is -0.125. The third-order valence-corrected chi connectivity index (χ3v) is 4.47. The van der Waals surface area contributed by atoms with Crippen molar-refractivity contribution in [3.63, 3.8) is 0 Å². The van der Waals surface area contributed by atoms with Gasteiger partial charge in [-0.05, 0) is 56.2 Å². The van der Waals surface area contributed by atoms with Crippen molar-refractivity contribution >= 4 is 5.91 Å². The Morgan fingerprint density at radius 2 is 1.95 bits per heavy atom. The number of hydrogen-bond donors (Lipinski definition) is 2. The molecule has 0 aromatic heterocycles. The van der Waals surface area contributed by atoms with Crippen molar-refractivity contribution in [2.45, 2.75) is 45.7 Å². The molecule has 0 aliphatic carbocycles. The third-order valence-electron chi connectivity index (χ3n) is 4.47. The first kappa shape index (κ1) is 16.0. The largest absolute Gasteiger partial charge is 0.381 e. The summed E-state index contributed by atoms with van der Waals surface area (Å²) in [5.41, 5.74) is 9.72. The fourth-order valence-electron chi connectivity index (χ4n) is 2.72. The summed E-state index contributed by atoms with van der Waals surface area (Å²) in [4.78, 5) is 12.3. The van der Waals surface area contributed by atoms with Gasteiger partial charge >= 0.3 is 0 Å². The van der Waals surface area contributed by atoms with Gasteiger partial charge in [0.25, 0.3) is 0 Å². The molecule has 1 aromatic carbocycles. The Bertz CT molecular complexity index is 496. The van der Waals surface area contributed by atoms with Crippen LogP contribution < -0.4 is 11.1 Å². The minimum atomic E-state index is -0.442. The number of nitrogens with two attached hydrogens (primary N) is 1. The lowest BCUT2D eigenvalue weighted by atomic mass is 9.91. The van der Waals surface area contributed by atoms with Crippen LogP contribution in [0.4, 0.5) is 0 Å². The second-order valence-corrected chi connectivity index (χ2v) is 6.05. The molecule has 4 heteroatoms. The summed E-state index contributed by atoms with van der Waals surface area (Å²) < 4.78 is 5.32. The van der Waals surface area contributed by atoms with E-state index in [2.05, 4.69) is 37.4 Å². The van der Waals surface area contributed by atoms with Gasteiger partial charge < -0.3 is 15.8 Å². The fraction of sp³-hybridized carbons (Fsp3) is 0.588. The minimum Gasteiger partial charge on any atom is -0.381 e. The van der Waals surface area contributed by atoms with Gasteiger partial charge in [-0.3, -0.25) is 4.79 Å². The standard InChI is InChI=1S/C17H26N2O2/c1-11-4-5-15(10-12(11)2)13(3)19-17(20)16(18)14-6-8-21-9-7-14/h4-5,10,13-14,16H,6-9,18H2,1-3H3,(H,19,20). The topological polar surface area (TPSA) is 64.4 Å². The molecule has 2 unspecified atom stereocenters. The maximum atomic E-state index is 12.3. The molecule has 1 aliphatic rings. The van der Waals surface area contributed by atoms with E-state index in [1.165, 1.54) is 11.1 Å². The average Bonchev–Trinajstić information content (AvgIpc) is 2.50. The van der Waals surface area contributed by atoms with Gasteiger partial charge in [-0.15, -0.1) is 0 Å². The number of rotatable bonds is 4. The van der Waals surface area contributed by atoms with Gasteiger partial charge in [-0.1, -0.05) is 18.2 Å². The van der Waals surface area contributed by atoms with E-state index < -0.39 is 6.04 Å². The van der Waals surface area contributed by atoms with Crippen molar-refractivity contribution in [1.82, 2.24) is 5.32 Å². The molecule has 1 aromatic rings. The summed E-state index contributed by atoms with van der Waals surface area (Å²) in [6.45, 7) is 7.58. The molecule has 0 spiro atoms. The molecule has 0 saturated carbocycles. The van der Waals surface area contributed by atoms with Crippen molar-refractivity contribution in [3.05, 3.63) is 34.9 Å². The summed E-state index contributed by atoms with van der Waals surface area (Å²) in [6.07, 6.45) is 1.74. The Morgan fingerprint density at radius 3 is 2.57 bits per heavy atom. The zero-order valence-corrected chi connectivity index (χ0v) is 13.2. The zero-order chi connectivity index (χ0) is 15.4. The van der Waals surface area contributed by atoms with Crippen LogP contribution in [0, 0.1) is 19.8 Å². The molecule has 0 radical (unpaired) electrons. The predicted octanol–water partition coefficient (Wildman–Crippen LogP) is 2.23. The monoisotopic (exact) mass is 290 g/mol. The number of ether oxygens (including phenoxy) is 1. The van der Waals surface area contributed by atoms with E-state index in [9.17, 15) is 4.79 Å². The Balaban J connectivity index is 1.95. The Hall–Kier alpha value is -1.39. The molecular weight excluding hydrogens is 264 g/mol. The highest BCUT2D eigenvalue weighted by atomic mass is 16.5. The van der Waals surface area contributed by atoms with Crippen LogP contribution in [-0.2, 0) is 9.53 Å². The number of carbonyl (C=O) groups is 1. The lowest BCUT2D eigenvalue weighted by Gasteiger charge is -2.28. The molecule has 1 saturated heterocycles. The van der Waals surface area contributed by atoms with Crippen molar-refractivity contribution in [3.8, 4) is 0 Å². The van der Waals surface area contributed by atoms with Crippen LogP contribution in [0.1, 0.15) is 42.5 Å². The molecule has 2 rings (SSSR count). The maximum absolute atomic E-state index is 12.3. The first-order chi connectivity index (χ1) is 9.99. The van der Waals surface area contributed by atoms with Crippen LogP contribution in [0.25, 0.3) is 0 Å². The van der Waals surface area contributed by atoms with E-state index in [-0.39, 0.29) is 17.9 Å². The molecule has 1 aliphatic heterocycles. The van der Waals surface area contributed by atoms with Crippen LogP contribution >= 0.6 is 0 Å². The third kappa shape index (κ3) is 4.05. The lowest BCUT2D eigenvalue weighted by Crippen LogP contribution is -2.47. The Kier molecular flexibility index (Phi) is 5.37. The quantitative estimate of drug-likeness (QED) is 0.894. The summed E-state index contributed by atoms with van der Waals surface area (Å²) in [5.74, 6) is 0.165. The zero-order valence-electron chi connectivity index (χ0n) is 13.2.